The van der Waals surface area contributed by atoms with E-state index in [0.717, 1.165) is 5.56 Å². The van der Waals surface area contributed by atoms with Gasteiger partial charge >= 0.3 is 6.03 Å². The van der Waals surface area contributed by atoms with Gasteiger partial charge in [-0.3, -0.25) is 0 Å². The highest BCUT2D eigenvalue weighted by Crippen LogP contribution is 2.11. The highest BCUT2D eigenvalue weighted by Gasteiger charge is 2.11. The number of hydrogen-bond acceptors (Lipinski definition) is 3. The van der Waals surface area contributed by atoms with Crippen molar-refractivity contribution in [2.45, 2.75) is 32.2 Å². The summed E-state index contributed by atoms with van der Waals surface area (Å²) >= 11 is 0. The first-order valence-electron chi connectivity index (χ1n) is 6.39. The van der Waals surface area contributed by atoms with Gasteiger partial charge in [-0.15, -0.1) is 0 Å². The van der Waals surface area contributed by atoms with Gasteiger partial charge < -0.3 is 10.6 Å². The fourth-order valence-electron chi connectivity index (χ4n) is 1.44. The molecular formula is C14H22N2O3S. The molecule has 0 aliphatic rings. The van der Waals surface area contributed by atoms with Crippen molar-refractivity contribution < 1.29 is 13.2 Å². The average Bonchev–Trinajstić information content (AvgIpc) is 2.32. The van der Waals surface area contributed by atoms with E-state index in [2.05, 4.69) is 10.6 Å². The van der Waals surface area contributed by atoms with Gasteiger partial charge in [-0.05, 0) is 23.1 Å². The van der Waals surface area contributed by atoms with Gasteiger partial charge in [0.15, 0.2) is 9.84 Å². The number of benzene rings is 1. The van der Waals surface area contributed by atoms with Gasteiger partial charge in [-0.2, -0.15) is 0 Å². The van der Waals surface area contributed by atoms with Crippen molar-refractivity contribution in [2.24, 2.45) is 5.41 Å². The Morgan fingerprint density at radius 1 is 1.10 bits per heavy atom. The number of rotatable bonds is 4. The van der Waals surface area contributed by atoms with Crippen molar-refractivity contribution in [3.05, 3.63) is 29.8 Å². The van der Waals surface area contributed by atoms with Gasteiger partial charge in [0.25, 0.3) is 0 Å². The first kappa shape index (κ1) is 16.5. The molecule has 0 saturated carbocycles. The van der Waals surface area contributed by atoms with E-state index in [9.17, 15) is 13.2 Å². The van der Waals surface area contributed by atoms with Crippen LogP contribution >= 0.6 is 0 Å². The molecule has 0 fully saturated rings. The monoisotopic (exact) mass is 298 g/mol. The first-order chi connectivity index (χ1) is 9.08. The van der Waals surface area contributed by atoms with Crippen LogP contribution in [0, 0.1) is 5.41 Å². The minimum absolute atomic E-state index is 0.0362. The second kappa shape index (κ2) is 6.26. The molecular weight excluding hydrogens is 276 g/mol. The van der Waals surface area contributed by atoms with Gasteiger partial charge in [0.2, 0.25) is 0 Å². The number of sulfone groups is 1. The zero-order chi connectivity index (χ0) is 15.4. The van der Waals surface area contributed by atoms with Crippen LogP contribution < -0.4 is 10.6 Å². The Morgan fingerprint density at radius 3 is 2.10 bits per heavy atom. The van der Waals surface area contributed by atoms with E-state index in [1.54, 1.807) is 24.3 Å². The zero-order valence-electron chi connectivity index (χ0n) is 12.4. The largest absolute Gasteiger partial charge is 0.338 e. The minimum atomic E-state index is -3.18. The summed E-state index contributed by atoms with van der Waals surface area (Å²) in [6, 6.07) is 6.24. The number of hydrogen-bond donors (Lipinski definition) is 2. The van der Waals surface area contributed by atoms with E-state index in [0.29, 0.717) is 13.1 Å². The SMILES string of the molecule is CC(C)(C)CNC(=O)NCc1ccc(S(C)(=O)=O)cc1. The molecule has 0 radical (unpaired) electrons. The lowest BCUT2D eigenvalue weighted by Crippen LogP contribution is -2.39. The van der Waals surface area contributed by atoms with Gasteiger partial charge in [-0.25, -0.2) is 13.2 Å². The second-order valence-electron chi connectivity index (χ2n) is 6.01. The van der Waals surface area contributed by atoms with Crippen LogP contribution in [-0.2, 0) is 16.4 Å². The van der Waals surface area contributed by atoms with E-state index in [-0.39, 0.29) is 16.3 Å². The molecule has 1 aromatic rings. The molecule has 2 N–H and O–H groups in total. The van der Waals surface area contributed by atoms with E-state index < -0.39 is 9.84 Å². The molecule has 0 atom stereocenters. The molecule has 0 saturated heterocycles. The van der Waals surface area contributed by atoms with E-state index in [4.69, 9.17) is 0 Å². The normalized spacial score (nSPS) is 12.0. The molecule has 112 valence electrons. The molecule has 1 rings (SSSR count). The Morgan fingerprint density at radius 2 is 1.65 bits per heavy atom. The maximum absolute atomic E-state index is 11.6. The van der Waals surface area contributed by atoms with Crippen LogP contribution in [-0.4, -0.2) is 27.2 Å². The van der Waals surface area contributed by atoms with Gasteiger partial charge in [0, 0.05) is 19.3 Å². The maximum Gasteiger partial charge on any atom is 0.315 e. The number of urea groups is 1. The van der Waals surface area contributed by atoms with E-state index in [1.807, 2.05) is 20.8 Å². The smallest absolute Gasteiger partial charge is 0.315 e. The van der Waals surface area contributed by atoms with Crippen molar-refractivity contribution in [3.63, 3.8) is 0 Å². The van der Waals surface area contributed by atoms with Crippen molar-refractivity contribution in [1.29, 1.82) is 0 Å². The number of nitrogens with one attached hydrogen (secondary N) is 2. The molecule has 1 aromatic carbocycles. The third kappa shape index (κ3) is 6.06. The zero-order valence-corrected chi connectivity index (χ0v) is 13.2. The van der Waals surface area contributed by atoms with Crippen molar-refractivity contribution in [2.75, 3.05) is 12.8 Å². The second-order valence-corrected chi connectivity index (χ2v) is 8.03. The molecule has 0 spiro atoms. The highest BCUT2D eigenvalue weighted by atomic mass is 32.2. The summed E-state index contributed by atoms with van der Waals surface area (Å²) in [6.45, 7) is 7.07. The molecule has 0 unspecified atom stereocenters. The fraction of sp³-hybridized carbons (Fsp3) is 0.500. The summed E-state index contributed by atoms with van der Waals surface area (Å²) in [7, 11) is -3.18. The molecule has 20 heavy (non-hydrogen) atoms. The van der Waals surface area contributed by atoms with Crippen LogP contribution in [0.2, 0.25) is 0 Å². The lowest BCUT2D eigenvalue weighted by atomic mass is 9.97. The summed E-state index contributed by atoms with van der Waals surface area (Å²) in [4.78, 5) is 11.8. The third-order valence-corrected chi connectivity index (χ3v) is 3.71. The van der Waals surface area contributed by atoms with E-state index >= 15 is 0 Å². The topological polar surface area (TPSA) is 75.3 Å². The Hall–Kier alpha value is -1.56. The van der Waals surface area contributed by atoms with Crippen LogP contribution in [0.3, 0.4) is 0 Å². The molecule has 0 bridgehead atoms. The summed E-state index contributed by atoms with van der Waals surface area (Å²) in [5, 5.41) is 5.51. The van der Waals surface area contributed by atoms with Crippen LogP contribution in [0.5, 0.6) is 0 Å². The van der Waals surface area contributed by atoms with Crippen LogP contribution in [0.4, 0.5) is 4.79 Å². The van der Waals surface area contributed by atoms with Gasteiger partial charge in [0.1, 0.15) is 0 Å². The first-order valence-corrected chi connectivity index (χ1v) is 8.28. The maximum atomic E-state index is 11.6. The van der Waals surface area contributed by atoms with Crippen LogP contribution in [0.15, 0.2) is 29.2 Å². The van der Waals surface area contributed by atoms with Crippen molar-refractivity contribution in [3.8, 4) is 0 Å². The molecule has 0 aliphatic heterocycles. The standard InChI is InChI=1S/C14H22N2O3S/c1-14(2,3)10-16-13(17)15-9-11-5-7-12(8-6-11)20(4,18)19/h5-8H,9-10H2,1-4H3,(H2,15,16,17). The Bertz CT molecular complexity index is 557. The van der Waals surface area contributed by atoms with Crippen molar-refractivity contribution in [1.82, 2.24) is 10.6 Å². The van der Waals surface area contributed by atoms with Crippen molar-refractivity contribution >= 4 is 15.9 Å². The Labute approximate surface area is 120 Å². The molecule has 0 heterocycles. The molecule has 0 aromatic heterocycles. The third-order valence-electron chi connectivity index (χ3n) is 2.58. The molecule has 0 aliphatic carbocycles. The summed E-state index contributed by atoms with van der Waals surface area (Å²) in [6.07, 6.45) is 1.17. The summed E-state index contributed by atoms with van der Waals surface area (Å²) < 4.78 is 22.6. The van der Waals surface area contributed by atoms with Crippen LogP contribution in [0.1, 0.15) is 26.3 Å². The lowest BCUT2D eigenvalue weighted by molar-refractivity contribution is 0.235. The fourth-order valence-corrected chi connectivity index (χ4v) is 2.08. The van der Waals surface area contributed by atoms with Gasteiger partial charge in [0.05, 0.1) is 4.90 Å². The predicted octanol–water partition coefficient (Wildman–Crippen LogP) is 1.94. The summed E-state index contributed by atoms with van der Waals surface area (Å²) in [5.41, 5.74) is 0.886. The lowest BCUT2D eigenvalue weighted by Gasteiger charge is -2.18. The van der Waals surface area contributed by atoms with Gasteiger partial charge in [-0.1, -0.05) is 32.9 Å². The molecule has 6 heteroatoms. The Balaban J connectivity index is 2.48. The Kier molecular flexibility index (Phi) is 5.16. The quantitative estimate of drug-likeness (QED) is 0.892. The highest BCUT2D eigenvalue weighted by molar-refractivity contribution is 7.90. The minimum Gasteiger partial charge on any atom is -0.338 e. The average molecular weight is 298 g/mol. The molecule has 2 amide bonds. The predicted molar refractivity (Wildman–Crippen MR) is 79.2 cm³/mol. The number of carbonyl (C=O) groups excluding carboxylic acids is 1. The van der Waals surface area contributed by atoms with E-state index in [1.165, 1.54) is 6.26 Å². The molecule has 5 nitrogen and oxygen atoms in total. The number of carbonyl (C=O) groups is 1. The summed E-state index contributed by atoms with van der Waals surface area (Å²) in [5.74, 6) is 0. The number of amides is 2. The van der Waals surface area contributed by atoms with Crippen LogP contribution in [0.25, 0.3) is 0 Å².